The molecule has 5 rings (SSSR count). The number of methoxy groups -OCH3 is 2. The minimum Gasteiger partial charge on any atom is -0.493 e. The van der Waals surface area contributed by atoms with E-state index in [0.29, 0.717) is 53.2 Å². The predicted molar refractivity (Wildman–Crippen MR) is 122 cm³/mol. The summed E-state index contributed by atoms with van der Waals surface area (Å²) in [5.41, 5.74) is 1.92. The molecule has 8 heteroatoms. The Balaban J connectivity index is 1.44. The monoisotopic (exact) mass is 450 g/mol. The number of carbonyl (C=O) groups excluding carboxylic acids is 1. The Hall–Kier alpha value is -3.55. The molecule has 2 bridgehead atoms. The molecule has 0 aliphatic carbocycles. The van der Waals surface area contributed by atoms with Crippen molar-refractivity contribution in [2.45, 2.75) is 32.2 Å². The number of amides is 1. The van der Waals surface area contributed by atoms with Crippen molar-refractivity contribution in [3.05, 3.63) is 67.9 Å². The Bertz CT molecular complexity index is 1370. The number of hydrogen-bond donors (Lipinski definition) is 0. The number of hydrogen-bond acceptors (Lipinski definition) is 6. The lowest BCUT2D eigenvalue weighted by molar-refractivity contribution is -0.133. The molecule has 0 unspecified atom stereocenters. The molecular formula is C25H26N2O6. The molecule has 1 saturated heterocycles. The van der Waals surface area contributed by atoms with E-state index in [-0.39, 0.29) is 29.7 Å². The van der Waals surface area contributed by atoms with Crippen LogP contribution >= 0.6 is 0 Å². The standard InChI is InChI=1S/C25H26N2O6/c1-14-17-8-21(31-2)22(32-3)10-20(17)33-25(30)18(14)9-24(29)26-11-15-7-16(13-26)19-5-4-6-23(28)27(19)12-15/h4-6,8,10,15-16H,7,9,11-13H2,1-3H3/t15-,16-/m1/s1. The maximum absolute atomic E-state index is 13.3. The van der Waals surface area contributed by atoms with E-state index in [2.05, 4.69) is 0 Å². The van der Waals surface area contributed by atoms with Crippen molar-refractivity contribution in [2.75, 3.05) is 27.3 Å². The van der Waals surface area contributed by atoms with Crippen molar-refractivity contribution in [3.8, 4) is 11.5 Å². The lowest BCUT2D eigenvalue weighted by atomic mass is 9.83. The molecule has 0 saturated carbocycles. The maximum Gasteiger partial charge on any atom is 0.340 e. The third-order valence-electron chi connectivity index (χ3n) is 6.95. The number of pyridine rings is 1. The Labute approximate surface area is 190 Å². The summed E-state index contributed by atoms with van der Waals surface area (Å²) in [4.78, 5) is 40.1. The van der Waals surface area contributed by atoms with Crippen LogP contribution in [-0.4, -0.2) is 42.7 Å². The van der Waals surface area contributed by atoms with E-state index < -0.39 is 5.63 Å². The highest BCUT2D eigenvalue weighted by Gasteiger charge is 2.36. The van der Waals surface area contributed by atoms with E-state index in [1.54, 1.807) is 31.4 Å². The van der Waals surface area contributed by atoms with Crippen LogP contribution in [0.2, 0.25) is 0 Å². The van der Waals surface area contributed by atoms with E-state index in [1.807, 2.05) is 22.5 Å². The Kier molecular flexibility index (Phi) is 5.23. The topological polar surface area (TPSA) is 91.0 Å². The normalized spacial score (nSPS) is 19.3. The molecule has 2 aromatic heterocycles. The predicted octanol–water partition coefficient (Wildman–Crippen LogP) is 2.47. The molecule has 33 heavy (non-hydrogen) atoms. The Morgan fingerprint density at radius 2 is 1.85 bits per heavy atom. The zero-order chi connectivity index (χ0) is 23.3. The van der Waals surface area contributed by atoms with Gasteiger partial charge >= 0.3 is 5.63 Å². The van der Waals surface area contributed by atoms with E-state index in [9.17, 15) is 14.4 Å². The number of piperidine rings is 1. The summed E-state index contributed by atoms with van der Waals surface area (Å²) in [6.07, 6.45) is 0.936. The number of benzene rings is 1. The van der Waals surface area contributed by atoms with Crippen LogP contribution in [0.3, 0.4) is 0 Å². The highest BCUT2D eigenvalue weighted by molar-refractivity contribution is 5.87. The first-order chi connectivity index (χ1) is 15.9. The average Bonchev–Trinajstić information content (AvgIpc) is 2.81. The van der Waals surface area contributed by atoms with Crippen LogP contribution in [0.4, 0.5) is 0 Å². The van der Waals surface area contributed by atoms with Gasteiger partial charge in [-0.3, -0.25) is 9.59 Å². The van der Waals surface area contributed by atoms with Crippen molar-refractivity contribution in [1.29, 1.82) is 0 Å². The lowest BCUT2D eigenvalue weighted by Crippen LogP contribution is -2.49. The van der Waals surface area contributed by atoms with Crippen molar-refractivity contribution in [3.63, 3.8) is 0 Å². The molecule has 8 nitrogen and oxygen atoms in total. The molecular weight excluding hydrogens is 424 g/mol. The van der Waals surface area contributed by atoms with Crippen LogP contribution in [0, 0.1) is 12.8 Å². The maximum atomic E-state index is 13.3. The number of aromatic nitrogens is 1. The molecule has 2 aliphatic heterocycles. The average molecular weight is 450 g/mol. The summed E-state index contributed by atoms with van der Waals surface area (Å²) in [6, 6.07) is 8.72. The molecule has 2 atom stereocenters. The molecule has 0 radical (unpaired) electrons. The molecule has 4 heterocycles. The minimum absolute atomic E-state index is 0.0124. The molecule has 172 valence electrons. The second kappa shape index (κ2) is 8.10. The summed E-state index contributed by atoms with van der Waals surface area (Å²) in [5, 5.41) is 0.707. The summed E-state index contributed by atoms with van der Waals surface area (Å²) in [7, 11) is 3.06. The number of carbonyl (C=O) groups is 1. The molecule has 0 spiro atoms. The van der Waals surface area contributed by atoms with Gasteiger partial charge in [-0.1, -0.05) is 6.07 Å². The Morgan fingerprint density at radius 1 is 1.09 bits per heavy atom. The summed E-state index contributed by atoms with van der Waals surface area (Å²) >= 11 is 0. The first kappa shape index (κ1) is 21.3. The quantitative estimate of drug-likeness (QED) is 0.567. The molecule has 0 N–H and O–H groups in total. The van der Waals surface area contributed by atoms with Crippen LogP contribution < -0.4 is 20.7 Å². The van der Waals surface area contributed by atoms with Crippen molar-refractivity contribution in [1.82, 2.24) is 9.47 Å². The third kappa shape index (κ3) is 3.59. The van der Waals surface area contributed by atoms with Gasteiger partial charge in [0, 0.05) is 48.8 Å². The van der Waals surface area contributed by atoms with Crippen molar-refractivity contribution in [2.24, 2.45) is 5.92 Å². The van der Waals surface area contributed by atoms with Gasteiger partial charge < -0.3 is 23.4 Å². The van der Waals surface area contributed by atoms with Crippen LogP contribution in [0.5, 0.6) is 11.5 Å². The van der Waals surface area contributed by atoms with Gasteiger partial charge in [-0.25, -0.2) is 4.79 Å². The van der Waals surface area contributed by atoms with Crippen LogP contribution in [0.1, 0.15) is 29.2 Å². The Morgan fingerprint density at radius 3 is 2.61 bits per heavy atom. The second-order valence-corrected chi connectivity index (χ2v) is 8.87. The fraction of sp³-hybridized carbons (Fsp3) is 0.400. The lowest BCUT2D eigenvalue weighted by Gasteiger charge is -2.42. The van der Waals surface area contributed by atoms with E-state index in [0.717, 1.165) is 12.1 Å². The van der Waals surface area contributed by atoms with Gasteiger partial charge in [-0.15, -0.1) is 0 Å². The first-order valence-electron chi connectivity index (χ1n) is 11.1. The summed E-state index contributed by atoms with van der Waals surface area (Å²) in [6.45, 7) is 3.57. The van der Waals surface area contributed by atoms with Crippen LogP contribution in [0.15, 0.2) is 44.3 Å². The number of aryl methyl sites for hydroxylation is 1. The van der Waals surface area contributed by atoms with Gasteiger partial charge in [0.15, 0.2) is 11.5 Å². The van der Waals surface area contributed by atoms with Gasteiger partial charge in [-0.2, -0.15) is 0 Å². The van der Waals surface area contributed by atoms with Crippen molar-refractivity contribution < 1.29 is 18.7 Å². The fourth-order valence-corrected chi connectivity index (χ4v) is 5.28. The molecule has 1 amide bonds. The summed E-state index contributed by atoms with van der Waals surface area (Å²) in [5.74, 6) is 1.24. The van der Waals surface area contributed by atoms with E-state index in [4.69, 9.17) is 13.9 Å². The second-order valence-electron chi connectivity index (χ2n) is 8.87. The SMILES string of the molecule is COc1cc2oc(=O)c(CC(=O)N3C[C@H]4C[C@H](C3)c3cccc(=O)n3C4)c(C)c2cc1OC. The molecule has 3 aromatic rings. The third-order valence-corrected chi connectivity index (χ3v) is 6.95. The zero-order valence-electron chi connectivity index (χ0n) is 18.9. The molecule has 1 fully saturated rings. The highest BCUT2D eigenvalue weighted by atomic mass is 16.5. The summed E-state index contributed by atoms with van der Waals surface area (Å²) < 4.78 is 18.1. The number of rotatable bonds is 4. The van der Waals surface area contributed by atoms with Gasteiger partial charge in [-0.05, 0) is 37.0 Å². The van der Waals surface area contributed by atoms with E-state index >= 15 is 0 Å². The minimum atomic E-state index is -0.519. The largest absolute Gasteiger partial charge is 0.493 e. The number of nitrogens with zero attached hydrogens (tertiary/aromatic N) is 2. The number of ether oxygens (including phenoxy) is 2. The van der Waals surface area contributed by atoms with Gasteiger partial charge in [0.25, 0.3) is 5.56 Å². The number of fused-ring (bicyclic) bond motifs is 5. The van der Waals surface area contributed by atoms with Gasteiger partial charge in [0.2, 0.25) is 5.91 Å². The molecule has 1 aromatic carbocycles. The van der Waals surface area contributed by atoms with Gasteiger partial charge in [0.05, 0.1) is 26.2 Å². The van der Waals surface area contributed by atoms with Crippen LogP contribution in [0.25, 0.3) is 11.0 Å². The highest BCUT2D eigenvalue weighted by Crippen LogP contribution is 2.36. The smallest absolute Gasteiger partial charge is 0.340 e. The fourth-order valence-electron chi connectivity index (χ4n) is 5.28. The van der Waals surface area contributed by atoms with E-state index in [1.165, 1.54) is 7.11 Å². The van der Waals surface area contributed by atoms with Gasteiger partial charge in [0.1, 0.15) is 5.58 Å². The zero-order valence-corrected chi connectivity index (χ0v) is 18.9. The first-order valence-corrected chi connectivity index (χ1v) is 11.1. The van der Waals surface area contributed by atoms with Crippen molar-refractivity contribution >= 4 is 16.9 Å². The molecule has 2 aliphatic rings. The van der Waals surface area contributed by atoms with Crippen LogP contribution in [-0.2, 0) is 17.8 Å². The number of likely N-dealkylation sites (tertiary alicyclic amines) is 1.